The van der Waals surface area contributed by atoms with E-state index < -0.39 is 53.3 Å². The van der Waals surface area contributed by atoms with Crippen LogP contribution in [0.5, 0.6) is 11.5 Å². The number of hydrogen-bond acceptors (Lipinski definition) is 7. The lowest BCUT2D eigenvalue weighted by atomic mass is 9.85. The Morgan fingerprint density at radius 3 is 2.35 bits per heavy atom. The van der Waals surface area contributed by atoms with Gasteiger partial charge in [0, 0.05) is 13.1 Å². The summed E-state index contributed by atoms with van der Waals surface area (Å²) in [4.78, 5) is 65.2. The average Bonchev–Trinajstić information content (AvgIpc) is 3.48. The molecule has 0 saturated carbocycles. The zero-order valence-corrected chi connectivity index (χ0v) is 22.9. The number of Topliss-reactive ketones (excluding diaryl/α,β-unsaturated/α-hetero) is 1. The maximum Gasteiger partial charge on any atom is 0.244 e. The highest BCUT2D eigenvalue weighted by molar-refractivity contribution is 6.16. The number of likely N-dealkylation sites (tertiary alicyclic amines) is 1. The predicted octanol–water partition coefficient (Wildman–Crippen LogP) is 2.64. The van der Waals surface area contributed by atoms with Gasteiger partial charge in [0.25, 0.3) is 0 Å². The van der Waals surface area contributed by atoms with Crippen molar-refractivity contribution in [3.8, 4) is 11.5 Å². The van der Waals surface area contributed by atoms with Crippen molar-refractivity contribution in [2.75, 3.05) is 13.8 Å². The molecule has 1 fully saturated rings. The molecule has 0 aliphatic carbocycles. The number of benzene rings is 2. The van der Waals surface area contributed by atoms with Crippen LogP contribution in [0.25, 0.3) is 6.08 Å². The van der Waals surface area contributed by atoms with Gasteiger partial charge in [-0.25, -0.2) is 0 Å². The fraction of sp³-hybridized carbons (Fsp3) is 0.367. The maximum atomic E-state index is 13.3. The van der Waals surface area contributed by atoms with Crippen molar-refractivity contribution in [3.05, 3.63) is 65.7 Å². The Balaban J connectivity index is 1.45. The Kier molecular flexibility index (Phi) is 8.67. The molecule has 10 nitrogen and oxygen atoms in total. The van der Waals surface area contributed by atoms with E-state index in [0.29, 0.717) is 17.1 Å². The summed E-state index contributed by atoms with van der Waals surface area (Å²) in [5.74, 6) is -3.39. The number of nitrogens with zero attached hydrogens (tertiary/aromatic N) is 1. The summed E-state index contributed by atoms with van der Waals surface area (Å²) in [6.45, 7) is 5.22. The summed E-state index contributed by atoms with van der Waals surface area (Å²) in [5.41, 5.74) is 1.45. The fourth-order valence-electron chi connectivity index (χ4n) is 4.87. The highest BCUT2D eigenvalue weighted by Gasteiger charge is 2.49. The number of carbonyl (C=O) groups excluding carboxylic acids is 5. The molecule has 40 heavy (non-hydrogen) atoms. The van der Waals surface area contributed by atoms with E-state index in [0.717, 1.165) is 10.5 Å². The third kappa shape index (κ3) is 6.22. The number of carbonyl (C=O) groups is 5. The van der Waals surface area contributed by atoms with Gasteiger partial charge in [-0.3, -0.25) is 28.9 Å². The van der Waals surface area contributed by atoms with Crippen LogP contribution in [0, 0.1) is 17.8 Å². The fourth-order valence-corrected chi connectivity index (χ4v) is 4.87. The van der Waals surface area contributed by atoms with Gasteiger partial charge in [-0.05, 0) is 35.3 Å². The summed E-state index contributed by atoms with van der Waals surface area (Å²) in [6.07, 6.45) is 2.86. The van der Waals surface area contributed by atoms with E-state index in [9.17, 15) is 24.0 Å². The number of ketones is 1. The van der Waals surface area contributed by atoms with Crippen LogP contribution in [0.1, 0.15) is 44.4 Å². The zero-order valence-electron chi connectivity index (χ0n) is 22.9. The topological polar surface area (TPSA) is 131 Å². The van der Waals surface area contributed by atoms with Crippen molar-refractivity contribution >= 4 is 35.5 Å². The van der Waals surface area contributed by atoms with E-state index in [1.807, 2.05) is 6.07 Å². The number of ether oxygens (including phenoxy) is 2. The number of nitrogens with one attached hydrogen (secondary N) is 2. The Hall–Kier alpha value is -4.47. The second-order valence-electron chi connectivity index (χ2n) is 10.3. The van der Waals surface area contributed by atoms with E-state index in [2.05, 4.69) is 10.6 Å². The first-order valence-corrected chi connectivity index (χ1v) is 13.1. The quantitative estimate of drug-likeness (QED) is 0.266. The molecular formula is C30H33N3O7. The van der Waals surface area contributed by atoms with Gasteiger partial charge in [-0.15, -0.1) is 0 Å². The molecule has 2 aromatic carbocycles. The van der Waals surface area contributed by atoms with Crippen LogP contribution in [-0.2, 0) is 24.0 Å². The highest BCUT2D eigenvalue weighted by Crippen LogP contribution is 2.33. The molecule has 2 aliphatic rings. The first-order valence-electron chi connectivity index (χ1n) is 13.1. The molecule has 2 aromatic rings. The minimum absolute atomic E-state index is 0.142. The van der Waals surface area contributed by atoms with Gasteiger partial charge in [0.2, 0.25) is 30.4 Å². The minimum atomic E-state index is -1.14. The van der Waals surface area contributed by atoms with Gasteiger partial charge in [0.05, 0.1) is 24.4 Å². The molecule has 2 aliphatic heterocycles. The summed E-state index contributed by atoms with van der Waals surface area (Å²) >= 11 is 0. The van der Waals surface area contributed by atoms with Crippen molar-refractivity contribution in [3.63, 3.8) is 0 Å². The standard InChI is InChI=1S/C30H33N3O7/c1-17(2)27(28(36)26-18(3)29(37)33(4)30(26)38)32-25(35)15-21(20-8-6-5-7-9-20)31-24(34)13-11-19-10-12-22-23(14-19)40-16-39-22/h5-14,17-18,21,26-27H,15-16H2,1-4H3,(H,31,34)(H,32,35)/t18-,21-,26+,27-/m0/s1. The van der Waals surface area contributed by atoms with Gasteiger partial charge >= 0.3 is 0 Å². The maximum absolute atomic E-state index is 13.3. The van der Waals surface area contributed by atoms with E-state index in [4.69, 9.17) is 9.47 Å². The average molecular weight is 548 g/mol. The molecule has 0 spiro atoms. The molecule has 4 rings (SSSR count). The lowest BCUT2D eigenvalue weighted by Gasteiger charge is -2.26. The van der Waals surface area contributed by atoms with Gasteiger partial charge in [-0.2, -0.15) is 0 Å². The summed E-state index contributed by atoms with van der Waals surface area (Å²) in [6, 6.07) is 12.7. The van der Waals surface area contributed by atoms with E-state index in [1.165, 1.54) is 13.1 Å². The normalized spacial score (nSPS) is 19.7. The first kappa shape index (κ1) is 28.5. The monoisotopic (exact) mass is 547 g/mol. The van der Waals surface area contributed by atoms with Gasteiger partial charge in [-0.1, -0.05) is 57.2 Å². The van der Waals surface area contributed by atoms with Crippen molar-refractivity contribution in [2.24, 2.45) is 17.8 Å². The number of amides is 4. The summed E-state index contributed by atoms with van der Waals surface area (Å²) in [5, 5.41) is 5.62. The molecule has 0 aromatic heterocycles. The third-order valence-electron chi connectivity index (χ3n) is 7.14. The number of imide groups is 1. The second-order valence-corrected chi connectivity index (χ2v) is 10.3. The lowest BCUT2D eigenvalue weighted by Crippen LogP contribution is -2.49. The molecule has 1 saturated heterocycles. The zero-order chi connectivity index (χ0) is 29.0. The van der Waals surface area contributed by atoms with E-state index in [-0.39, 0.29) is 19.1 Å². The van der Waals surface area contributed by atoms with Crippen LogP contribution >= 0.6 is 0 Å². The predicted molar refractivity (Wildman–Crippen MR) is 146 cm³/mol. The van der Waals surface area contributed by atoms with Crippen LogP contribution in [0.4, 0.5) is 0 Å². The SMILES string of the molecule is CC(C)[C@H](NC(=O)C[C@H](NC(=O)C=Cc1ccc2c(c1)OCO2)c1ccccc1)C(=O)[C@@H]1C(=O)N(C)C(=O)[C@H]1C. The number of fused-ring (bicyclic) bond motifs is 1. The Bertz CT molecular complexity index is 1340. The van der Waals surface area contributed by atoms with Crippen molar-refractivity contribution in [1.29, 1.82) is 0 Å². The van der Waals surface area contributed by atoms with E-state index >= 15 is 0 Å². The molecule has 0 radical (unpaired) electrons. The molecule has 0 unspecified atom stereocenters. The van der Waals surface area contributed by atoms with Crippen LogP contribution in [0.3, 0.4) is 0 Å². The van der Waals surface area contributed by atoms with Crippen LogP contribution in [-0.4, -0.2) is 54.2 Å². The minimum Gasteiger partial charge on any atom is -0.454 e. The largest absolute Gasteiger partial charge is 0.454 e. The Morgan fingerprint density at radius 2 is 1.70 bits per heavy atom. The van der Waals surface area contributed by atoms with E-state index in [1.54, 1.807) is 69.3 Å². The molecule has 0 bridgehead atoms. The highest BCUT2D eigenvalue weighted by atomic mass is 16.7. The van der Waals surface area contributed by atoms with Crippen LogP contribution in [0.15, 0.2) is 54.6 Å². The number of hydrogen-bond donors (Lipinski definition) is 2. The van der Waals surface area contributed by atoms with Crippen molar-refractivity contribution in [1.82, 2.24) is 15.5 Å². The van der Waals surface area contributed by atoms with Crippen LogP contribution < -0.4 is 20.1 Å². The molecular weight excluding hydrogens is 514 g/mol. The first-order chi connectivity index (χ1) is 19.1. The smallest absolute Gasteiger partial charge is 0.244 e. The van der Waals surface area contributed by atoms with Gasteiger partial charge in [0.15, 0.2) is 17.3 Å². The summed E-state index contributed by atoms with van der Waals surface area (Å²) < 4.78 is 10.7. The molecule has 2 N–H and O–H groups in total. The second kappa shape index (κ2) is 12.1. The van der Waals surface area contributed by atoms with Gasteiger partial charge in [0.1, 0.15) is 5.92 Å². The van der Waals surface area contributed by atoms with Crippen molar-refractivity contribution in [2.45, 2.75) is 39.3 Å². The molecule has 210 valence electrons. The number of rotatable bonds is 10. The Labute approximate surface area is 232 Å². The van der Waals surface area contributed by atoms with Crippen LogP contribution in [0.2, 0.25) is 0 Å². The van der Waals surface area contributed by atoms with Crippen molar-refractivity contribution < 1.29 is 33.4 Å². The summed E-state index contributed by atoms with van der Waals surface area (Å²) in [7, 11) is 1.35. The lowest BCUT2D eigenvalue weighted by molar-refractivity contribution is -0.141. The third-order valence-corrected chi connectivity index (χ3v) is 7.14. The Morgan fingerprint density at radius 1 is 1.00 bits per heavy atom. The molecule has 4 atom stereocenters. The van der Waals surface area contributed by atoms with Gasteiger partial charge < -0.3 is 20.1 Å². The molecule has 4 amide bonds. The molecule has 10 heteroatoms. The molecule has 2 heterocycles.